The van der Waals surface area contributed by atoms with Gasteiger partial charge in [0.25, 0.3) is 0 Å². The number of hydrogen-bond acceptors (Lipinski definition) is 4. The molecule has 1 aromatic heterocycles. The van der Waals surface area contributed by atoms with Gasteiger partial charge in [-0.2, -0.15) is 0 Å². The fraction of sp³-hybridized carbons (Fsp3) is 0.545. The lowest BCUT2D eigenvalue weighted by molar-refractivity contribution is -0.120. The molecule has 0 radical (unpaired) electrons. The van der Waals surface area contributed by atoms with Gasteiger partial charge in [0.2, 0.25) is 5.91 Å². The molecule has 0 aliphatic rings. The molecule has 0 saturated heterocycles. The molecule has 5 heteroatoms. The van der Waals surface area contributed by atoms with Crippen LogP contribution in [0.25, 0.3) is 0 Å². The van der Waals surface area contributed by atoms with Crippen molar-refractivity contribution in [2.24, 2.45) is 0 Å². The fourth-order valence-corrected chi connectivity index (χ4v) is 1.99. The highest BCUT2D eigenvalue weighted by Gasteiger charge is 2.06. The van der Waals surface area contributed by atoms with E-state index in [1.807, 2.05) is 17.5 Å². The van der Waals surface area contributed by atoms with Crippen molar-refractivity contribution in [3.63, 3.8) is 0 Å². The van der Waals surface area contributed by atoms with Gasteiger partial charge in [0, 0.05) is 18.5 Å². The topological polar surface area (TPSA) is 58.6 Å². The van der Waals surface area contributed by atoms with Crippen LogP contribution in [0.1, 0.15) is 11.3 Å². The van der Waals surface area contributed by atoms with Gasteiger partial charge in [0.05, 0.1) is 19.1 Å². The third kappa shape index (κ3) is 5.25. The van der Waals surface area contributed by atoms with Gasteiger partial charge < -0.3 is 15.2 Å². The van der Waals surface area contributed by atoms with Crippen molar-refractivity contribution in [1.29, 1.82) is 0 Å². The van der Waals surface area contributed by atoms with Gasteiger partial charge in [-0.05, 0) is 17.9 Å². The summed E-state index contributed by atoms with van der Waals surface area (Å²) >= 11 is 1.57. The van der Waals surface area contributed by atoms with Crippen molar-refractivity contribution in [3.8, 4) is 0 Å². The third-order valence-electron chi connectivity index (χ3n) is 2.07. The minimum Gasteiger partial charge on any atom is -0.391 e. The number of hydrogen-bond donors (Lipinski definition) is 2. The maximum atomic E-state index is 11.4. The normalized spacial score (nSPS) is 12.4. The Balaban J connectivity index is 2.11. The Labute approximate surface area is 99.2 Å². The molecule has 0 fully saturated rings. The Hall–Kier alpha value is -0.910. The number of aliphatic hydroxyl groups is 1. The third-order valence-corrected chi connectivity index (χ3v) is 2.95. The van der Waals surface area contributed by atoms with Gasteiger partial charge in [-0.1, -0.05) is 6.07 Å². The molecule has 0 aliphatic heterocycles. The van der Waals surface area contributed by atoms with Crippen LogP contribution < -0.4 is 5.32 Å². The van der Waals surface area contributed by atoms with E-state index in [-0.39, 0.29) is 5.91 Å². The minimum atomic E-state index is -0.507. The van der Waals surface area contributed by atoms with Gasteiger partial charge >= 0.3 is 0 Å². The quantitative estimate of drug-likeness (QED) is 0.745. The highest BCUT2D eigenvalue weighted by atomic mass is 32.1. The van der Waals surface area contributed by atoms with Crippen molar-refractivity contribution in [3.05, 3.63) is 22.4 Å². The van der Waals surface area contributed by atoms with E-state index in [4.69, 9.17) is 4.74 Å². The largest absolute Gasteiger partial charge is 0.391 e. The molecule has 0 aliphatic carbocycles. The second-order valence-corrected chi connectivity index (χ2v) is 4.54. The van der Waals surface area contributed by atoms with Gasteiger partial charge in [0.15, 0.2) is 0 Å². The second-order valence-electron chi connectivity index (χ2n) is 3.50. The summed E-state index contributed by atoms with van der Waals surface area (Å²) in [4.78, 5) is 12.5. The van der Waals surface area contributed by atoms with Crippen LogP contribution >= 0.6 is 11.3 Å². The molecule has 16 heavy (non-hydrogen) atoms. The Morgan fingerprint density at radius 3 is 3.12 bits per heavy atom. The van der Waals surface area contributed by atoms with E-state index >= 15 is 0 Å². The highest BCUT2D eigenvalue weighted by Crippen LogP contribution is 2.08. The van der Waals surface area contributed by atoms with Crippen LogP contribution in [0.15, 0.2) is 17.5 Å². The van der Waals surface area contributed by atoms with Crippen LogP contribution in [0.4, 0.5) is 0 Å². The fourth-order valence-electron chi connectivity index (χ4n) is 1.29. The van der Waals surface area contributed by atoms with Gasteiger partial charge in [0.1, 0.15) is 0 Å². The van der Waals surface area contributed by atoms with E-state index in [0.717, 1.165) is 4.88 Å². The summed E-state index contributed by atoms with van der Waals surface area (Å²) in [6, 6.07) is 3.86. The summed E-state index contributed by atoms with van der Waals surface area (Å²) in [6.07, 6.45) is 0.425. The molecule has 90 valence electrons. The number of rotatable bonds is 7. The first-order valence-corrected chi connectivity index (χ1v) is 6.06. The van der Waals surface area contributed by atoms with Gasteiger partial charge in [-0.3, -0.25) is 4.79 Å². The lowest BCUT2D eigenvalue weighted by atomic mass is 10.2. The molecule has 0 bridgehead atoms. The van der Waals surface area contributed by atoms with Crippen molar-refractivity contribution in [2.75, 3.05) is 20.3 Å². The summed E-state index contributed by atoms with van der Waals surface area (Å²) in [5.41, 5.74) is 0. The van der Waals surface area contributed by atoms with E-state index in [2.05, 4.69) is 5.32 Å². The monoisotopic (exact) mass is 243 g/mol. The average Bonchev–Trinajstić information content (AvgIpc) is 2.70. The summed E-state index contributed by atoms with van der Waals surface area (Å²) in [7, 11) is 1.54. The zero-order valence-electron chi connectivity index (χ0n) is 9.31. The van der Waals surface area contributed by atoms with Crippen molar-refractivity contribution < 1.29 is 14.6 Å². The van der Waals surface area contributed by atoms with E-state index in [9.17, 15) is 9.90 Å². The molecular formula is C11H17NO3S. The Bertz CT molecular complexity index is 300. The zero-order chi connectivity index (χ0) is 11.8. The predicted octanol–water partition coefficient (Wildman–Crippen LogP) is 0.804. The first-order chi connectivity index (χ1) is 7.72. The van der Waals surface area contributed by atoms with Crippen molar-refractivity contribution >= 4 is 17.2 Å². The second kappa shape index (κ2) is 7.38. The van der Waals surface area contributed by atoms with Gasteiger partial charge in [-0.25, -0.2) is 0 Å². The van der Waals surface area contributed by atoms with Crippen LogP contribution in [0.3, 0.4) is 0 Å². The predicted molar refractivity (Wildman–Crippen MR) is 63.5 cm³/mol. The number of ether oxygens (including phenoxy) is 1. The Morgan fingerprint density at radius 1 is 1.69 bits per heavy atom. The summed E-state index contributed by atoms with van der Waals surface area (Å²) in [5.74, 6) is -0.00735. The number of thiophene rings is 1. The number of nitrogens with one attached hydrogen (secondary N) is 1. The number of methoxy groups -OCH3 is 1. The molecule has 1 amide bonds. The lowest BCUT2D eigenvalue weighted by Gasteiger charge is -2.09. The first-order valence-electron chi connectivity index (χ1n) is 5.18. The maximum absolute atomic E-state index is 11.4. The number of aliphatic hydroxyl groups excluding tert-OH is 1. The Kier molecular flexibility index (Phi) is 6.07. The van der Waals surface area contributed by atoms with Crippen LogP contribution in [0.2, 0.25) is 0 Å². The molecule has 1 atom stereocenters. The molecule has 1 aromatic rings. The molecule has 0 saturated carbocycles. The molecule has 1 heterocycles. The maximum Gasteiger partial charge on any atom is 0.225 e. The summed E-state index contributed by atoms with van der Waals surface area (Å²) in [5, 5.41) is 14.1. The molecule has 0 aromatic carbocycles. The van der Waals surface area contributed by atoms with Crippen LogP contribution in [0.5, 0.6) is 0 Å². The molecule has 1 rings (SSSR count). The number of carbonyl (C=O) groups excluding carboxylic acids is 1. The SMILES string of the molecule is COCC(O)CCNC(=O)Cc1cccs1. The number of carbonyl (C=O) groups is 1. The standard InChI is InChI=1S/C11H17NO3S/c1-15-8-9(13)4-5-12-11(14)7-10-3-2-6-16-10/h2-3,6,9,13H,4-5,7-8H2,1H3,(H,12,14). The van der Waals surface area contributed by atoms with Crippen LogP contribution in [0, 0.1) is 0 Å². The van der Waals surface area contributed by atoms with E-state index < -0.39 is 6.10 Å². The zero-order valence-corrected chi connectivity index (χ0v) is 10.1. The minimum absolute atomic E-state index is 0.00735. The van der Waals surface area contributed by atoms with Crippen LogP contribution in [-0.4, -0.2) is 37.4 Å². The Morgan fingerprint density at radius 2 is 2.50 bits per heavy atom. The smallest absolute Gasteiger partial charge is 0.225 e. The van der Waals surface area contributed by atoms with E-state index in [1.54, 1.807) is 18.4 Å². The van der Waals surface area contributed by atoms with E-state index in [0.29, 0.717) is 26.0 Å². The lowest BCUT2D eigenvalue weighted by Crippen LogP contribution is -2.29. The van der Waals surface area contributed by atoms with Crippen molar-refractivity contribution in [1.82, 2.24) is 5.32 Å². The summed E-state index contributed by atoms with van der Waals surface area (Å²) in [6.45, 7) is 0.787. The molecular weight excluding hydrogens is 226 g/mol. The van der Waals surface area contributed by atoms with Crippen molar-refractivity contribution in [2.45, 2.75) is 18.9 Å². The number of amides is 1. The highest BCUT2D eigenvalue weighted by molar-refractivity contribution is 7.10. The molecule has 0 spiro atoms. The van der Waals surface area contributed by atoms with Crippen LogP contribution in [-0.2, 0) is 16.0 Å². The molecule has 2 N–H and O–H groups in total. The van der Waals surface area contributed by atoms with Gasteiger partial charge in [-0.15, -0.1) is 11.3 Å². The molecule has 4 nitrogen and oxygen atoms in total. The average molecular weight is 243 g/mol. The first kappa shape index (κ1) is 13.2. The molecule has 1 unspecified atom stereocenters. The summed E-state index contributed by atoms with van der Waals surface area (Å²) < 4.78 is 4.79. The van der Waals surface area contributed by atoms with E-state index in [1.165, 1.54) is 0 Å².